The summed E-state index contributed by atoms with van der Waals surface area (Å²) in [7, 11) is 1.92. The van der Waals surface area contributed by atoms with E-state index in [4.69, 9.17) is 0 Å². The van der Waals surface area contributed by atoms with Crippen molar-refractivity contribution in [1.82, 2.24) is 0 Å². The molecule has 2 aromatic rings. The third kappa shape index (κ3) is 1.18. The number of rotatable bonds is 0. The maximum Gasteiger partial charge on any atom is 0.176 e. The first-order chi connectivity index (χ1) is 6.59. The smallest absolute Gasteiger partial charge is 0.176 e. The summed E-state index contributed by atoms with van der Waals surface area (Å²) in [5, 5.41) is 20.7. The quantitative estimate of drug-likeness (QED) is 0.487. The fourth-order valence-corrected chi connectivity index (χ4v) is 1.61. The Morgan fingerprint density at radius 1 is 1.21 bits per heavy atom. The summed E-state index contributed by atoms with van der Waals surface area (Å²) in [5.41, 5.74) is 0.950. The maximum atomic E-state index is 9.61. The minimum atomic E-state index is -0.0659. The lowest BCUT2D eigenvalue weighted by molar-refractivity contribution is -0.670. The molecular weight excluding hydrogens is 178 g/mol. The van der Waals surface area contributed by atoms with Gasteiger partial charge in [-0.05, 0) is 18.6 Å². The molecule has 2 rings (SSSR count). The third-order valence-electron chi connectivity index (χ3n) is 2.38. The minimum absolute atomic E-state index is 0.0498. The largest absolute Gasteiger partial charge is 0.504 e. The number of phenolic OH excluding ortho intramolecular Hbond substituents is 2. The van der Waals surface area contributed by atoms with Crippen LogP contribution in [0.1, 0.15) is 5.56 Å². The van der Waals surface area contributed by atoms with Crippen molar-refractivity contribution in [1.29, 1.82) is 0 Å². The number of phenols is 2. The highest BCUT2D eigenvalue weighted by molar-refractivity contribution is 5.91. The van der Waals surface area contributed by atoms with Gasteiger partial charge in [-0.2, -0.15) is 0 Å². The zero-order valence-corrected chi connectivity index (χ0v) is 8.15. The van der Waals surface area contributed by atoms with Gasteiger partial charge in [0.25, 0.3) is 0 Å². The Hall–Kier alpha value is -1.77. The number of hydrogen-bond donors (Lipinski definition) is 2. The number of aryl methyl sites for hydroxylation is 2. The second kappa shape index (κ2) is 2.87. The molecule has 72 valence electrons. The molecule has 0 fully saturated rings. The summed E-state index contributed by atoms with van der Waals surface area (Å²) < 4.78 is 1.91. The molecule has 0 saturated carbocycles. The van der Waals surface area contributed by atoms with Crippen LogP contribution < -0.4 is 4.57 Å². The normalized spacial score (nSPS) is 10.7. The first-order valence-corrected chi connectivity index (χ1v) is 4.40. The van der Waals surface area contributed by atoms with Crippen molar-refractivity contribution < 1.29 is 14.8 Å². The van der Waals surface area contributed by atoms with E-state index in [2.05, 4.69) is 0 Å². The minimum Gasteiger partial charge on any atom is -0.504 e. The van der Waals surface area contributed by atoms with Gasteiger partial charge in [-0.25, -0.2) is 4.57 Å². The Bertz CT molecular complexity index is 506. The van der Waals surface area contributed by atoms with Gasteiger partial charge in [-0.3, -0.25) is 0 Å². The molecule has 3 nitrogen and oxygen atoms in total. The van der Waals surface area contributed by atoms with Gasteiger partial charge in [0.1, 0.15) is 7.05 Å². The van der Waals surface area contributed by atoms with Crippen LogP contribution in [0, 0.1) is 6.92 Å². The number of hydrogen-bond acceptors (Lipinski definition) is 2. The maximum absolute atomic E-state index is 9.61. The molecule has 3 heteroatoms. The summed E-state index contributed by atoms with van der Waals surface area (Å²) >= 11 is 0. The van der Waals surface area contributed by atoms with Crippen LogP contribution in [-0.2, 0) is 7.05 Å². The van der Waals surface area contributed by atoms with Gasteiger partial charge in [0, 0.05) is 11.5 Å². The molecule has 0 spiro atoms. The molecule has 1 heterocycles. The van der Waals surface area contributed by atoms with Crippen LogP contribution in [0.3, 0.4) is 0 Å². The number of pyridine rings is 1. The van der Waals surface area contributed by atoms with E-state index in [1.165, 1.54) is 0 Å². The summed E-state index contributed by atoms with van der Waals surface area (Å²) in [5.74, 6) is -0.116. The number of fused-ring (bicyclic) bond motifs is 1. The van der Waals surface area contributed by atoms with E-state index in [1.54, 1.807) is 12.1 Å². The van der Waals surface area contributed by atoms with Crippen LogP contribution >= 0.6 is 0 Å². The molecule has 2 N–H and O–H groups in total. The number of benzene rings is 1. The fraction of sp³-hybridized carbons (Fsp3) is 0.182. The lowest BCUT2D eigenvalue weighted by atomic mass is 10.1. The van der Waals surface area contributed by atoms with Crippen molar-refractivity contribution in [3.05, 3.63) is 30.1 Å². The van der Waals surface area contributed by atoms with Crippen LogP contribution in [0.15, 0.2) is 24.5 Å². The molecule has 1 aromatic heterocycles. The Balaban J connectivity index is 2.94. The summed E-state index contributed by atoms with van der Waals surface area (Å²) in [6.45, 7) is 1.90. The second-order valence-electron chi connectivity index (χ2n) is 3.50. The van der Waals surface area contributed by atoms with Crippen molar-refractivity contribution in [3.8, 4) is 11.5 Å². The Morgan fingerprint density at radius 2 is 1.93 bits per heavy atom. The molecule has 0 aliphatic carbocycles. The van der Waals surface area contributed by atoms with Crippen LogP contribution in [-0.4, -0.2) is 10.2 Å². The zero-order chi connectivity index (χ0) is 10.3. The van der Waals surface area contributed by atoms with Crippen molar-refractivity contribution >= 4 is 10.8 Å². The first-order valence-electron chi connectivity index (χ1n) is 4.40. The highest BCUT2D eigenvalue weighted by atomic mass is 16.3. The second-order valence-corrected chi connectivity index (χ2v) is 3.50. The Kier molecular flexibility index (Phi) is 1.81. The van der Waals surface area contributed by atoms with Gasteiger partial charge in [-0.1, -0.05) is 0 Å². The van der Waals surface area contributed by atoms with E-state index in [9.17, 15) is 10.2 Å². The molecule has 0 unspecified atom stereocenters. The van der Waals surface area contributed by atoms with E-state index in [0.29, 0.717) is 5.39 Å². The molecule has 0 bridgehead atoms. The van der Waals surface area contributed by atoms with E-state index in [-0.39, 0.29) is 11.5 Å². The van der Waals surface area contributed by atoms with Crippen molar-refractivity contribution in [2.24, 2.45) is 7.05 Å². The predicted molar refractivity (Wildman–Crippen MR) is 53.2 cm³/mol. The fourth-order valence-electron chi connectivity index (χ4n) is 1.61. The third-order valence-corrected chi connectivity index (χ3v) is 2.38. The average molecular weight is 190 g/mol. The van der Waals surface area contributed by atoms with Gasteiger partial charge in [0.15, 0.2) is 23.9 Å². The van der Waals surface area contributed by atoms with Gasteiger partial charge >= 0.3 is 0 Å². The Morgan fingerprint density at radius 3 is 2.64 bits per heavy atom. The molecule has 0 radical (unpaired) electrons. The van der Waals surface area contributed by atoms with Crippen LogP contribution in [0.25, 0.3) is 10.8 Å². The average Bonchev–Trinajstić information content (AvgIpc) is 2.14. The first kappa shape index (κ1) is 8.81. The predicted octanol–water partition coefficient (Wildman–Crippen LogP) is 1.38. The topological polar surface area (TPSA) is 44.3 Å². The monoisotopic (exact) mass is 190 g/mol. The molecular formula is C11H12NO2+. The summed E-state index contributed by atoms with van der Waals surface area (Å²) in [6, 6.07) is 3.36. The van der Waals surface area contributed by atoms with Gasteiger partial charge < -0.3 is 10.2 Å². The lowest BCUT2D eigenvalue weighted by Gasteiger charge is -2.04. The van der Waals surface area contributed by atoms with Crippen LogP contribution in [0.5, 0.6) is 11.5 Å². The van der Waals surface area contributed by atoms with Crippen molar-refractivity contribution in [3.63, 3.8) is 0 Å². The molecule has 1 aromatic carbocycles. The van der Waals surface area contributed by atoms with Gasteiger partial charge in [0.05, 0.1) is 5.39 Å². The van der Waals surface area contributed by atoms with E-state index in [1.807, 2.05) is 30.9 Å². The molecule has 14 heavy (non-hydrogen) atoms. The van der Waals surface area contributed by atoms with Gasteiger partial charge in [-0.15, -0.1) is 0 Å². The van der Waals surface area contributed by atoms with E-state index < -0.39 is 0 Å². The zero-order valence-electron chi connectivity index (χ0n) is 8.15. The van der Waals surface area contributed by atoms with E-state index in [0.717, 1.165) is 10.9 Å². The van der Waals surface area contributed by atoms with E-state index >= 15 is 0 Å². The van der Waals surface area contributed by atoms with Gasteiger partial charge in [0.2, 0.25) is 0 Å². The number of nitrogens with zero attached hydrogens (tertiary/aromatic N) is 1. The number of aromatic hydroxyl groups is 2. The molecule has 0 amide bonds. The highest BCUT2D eigenvalue weighted by Gasteiger charge is 2.10. The molecule has 0 saturated heterocycles. The highest BCUT2D eigenvalue weighted by Crippen LogP contribution is 2.34. The van der Waals surface area contributed by atoms with Crippen molar-refractivity contribution in [2.75, 3.05) is 0 Å². The Labute approximate surface area is 81.9 Å². The van der Waals surface area contributed by atoms with Crippen LogP contribution in [0.4, 0.5) is 0 Å². The number of aromatic nitrogens is 1. The summed E-state index contributed by atoms with van der Waals surface area (Å²) in [4.78, 5) is 0. The molecule has 0 aliphatic rings. The lowest BCUT2D eigenvalue weighted by Crippen LogP contribution is -2.26. The SMILES string of the molecule is Cc1cc(O)c(O)c2cc[n+](C)cc12. The standard InChI is InChI=1S/C11H11NO2/c1-7-5-10(13)11(14)8-3-4-12(2)6-9(7)8/h3-6,14H,1-2H3/p+1. The molecule has 0 aliphatic heterocycles. The van der Waals surface area contributed by atoms with Crippen LogP contribution in [0.2, 0.25) is 0 Å². The molecule has 0 atom stereocenters. The summed E-state index contributed by atoms with van der Waals surface area (Å²) in [6.07, 6.45) is 3.75. The van der Waals surface area contributed by atoms with Crippen molar-refractivity contribution in [2.45, 2.75) is 6.92 Å².